The molecule has 0 aromatic heterocycles. The second-order valence-electron chi connectivity index (χ2n) is 4.96. The van der Waals surface area contributed by atoms with Crippen LogP contribution >= 0.6 is 0 Å². The molecule has 1 aromatic carbocycles. The van der Waals surface area contributed by atoms with Crippen molar-refractivity contribution >= 4 is 11.6 Å². The van der Waals surface area contributed by atoms with Crippen molar-refractivity contribution < 1.29 is 14.6 Å². The first kappa shape index (κ1) is 13.8. The van der Waals surface area contributed by atoms with Crippen molar-refractivity contribution in [3.63, 3.8) is 0 Å². The molecule has 1 fully saturated rings. The van der Waals surface area contributed by atoms with Crippen LogP contribution < -0.4 is 15.4 Å². The predicted molar refractivity (Wildman–Crippen MR) is 73.3 cm³/mol. The number of methoxy groups -OCH3 is 1. The molecular formula is C14H20N2O3. The van der Waals surface area contributed by atoms with Gasteiger partial charge in [-0.25, -0.2) is 0 Å². The van der Waals surface area contributed by atoms with Gasteiger partial charge in [0.05, 0.1) is 19.3 Å². The Morgan fingerprint density at radius 3 is 2.89 bits per heavy atom. The van der Waals surface area contributed by atoms with Gasteiger partial charge in [-0.05, 0) is 31.4 Å². The first-order valence-electron chi connectivity index (χ1n) is 6.48. The van der Waals surface area contributed by atoms with E-state index in [1.54, 1.807) is 19.2 Å². The topological polar surface area (TPSA) is 70.6 Å². The van der Waals surface area contributed by atoms with Crippen LogP contribution in [0.25, 0.3) is 0 Å². The van der Waals surface area contributed by atoms with E-state index < -0.39 is 5.60 Å². The van der Waals surface area contributed by atoms with Crippen LogP contribution in [0.2, 0.25) is 0 Å². The Balaban J connectivity index is 1.74. The Bertz CT molecular complexity index is 444. The summed E-state index contributed by atoms with van der Waals surface area (Å²) >= 11 is 0. The summed E-state index contributed by atoms with van der Waals surface area (Å²) in [5, 5.41) is 15.6. The van der Waals surface area contributed by atoms with E-state index in [1.807, 2.05) is 12.1 Å². The molecule has 1 aromatic rings. The highest BCUT2D eigenvalue weighted by Gasteiger charge is 2.33. The van der Waals surface area contributed by atoms with Crippen LogP contribution in [0, 0.1) is 0 Å². The molecular weight excluding hydrogens is 244 g/mol. The van der Waals surface area contributed by atoms with Crippen molar-refractivity contribution in [3.05, 3.63) is 24.3 Å². The molecule has 5 nitrogen and oxygen atoms in total. The Labute approximate surface area is 113 Å². The first-order chi connectivity index (χ1) is 9.11. The summed E-state index contributed by atoms with van der Waals surface area (Å²) in [6.07, 6.45) is 2.70. The second-order valence-corrected chi connectivity index (χ2v) is 4.96. The lowest BCUT2D eigenvalue weighted by Gasteiger charge is -2.36. The average molecular weight is 264 g/mol. The molecule has 0 spiro atoms. The molecule has 3 N–H and O–H groups in total. The largest absolute Gasteiger partial charge is 0.497 e. The highest BCUT2D eigenvalue weighted by molar-refractivity contribution is 5.92. The number of benzene rings is 1. The number of hydrogen-bond acceptors (Lipinski definition) is 4. The second kappa shape index (κ2) is 6.04. The fourth-order valence-electron chi connectivity index (χ4n) is 2.08. The van der Waals surface area contributed by atoms with Crippen LogP contribution in [0.4, 0.5) is 5.69 Å². The van der Waals surface area contributed by atoms with Gasteiger partial charge in [-0.15, -0.1) is 0 Å². The van der Waals surface area contributed by atoms with Crippen LogP contribution in [0.5, 0.6) is 5.75 Å². The van der Waals surface area contributed by atoms with Crippen LogP contribution in [0.1, 0.15) is 19.3 Å². The summed E-state index contributed by atoms with van der Waals surface area (Å²) in [6.45, 7) is 0.665. The molecule has 1 aliphatic rings. The van der Waals surface area contributed by atoms with Crippen molar-refractivity contribution in [2.45, 2.75) is 24.9 Å². The monoisotopic (exact) mass is 264 g/mol. The van der Waals surface area contributed by atoms with E-state index in [1.165, 1.54) is 0 Å². The third-order valence-electron chi connectivity index (χ3n) is 3.38. The quantitative estimate of drug-likeness (QED) is 0.720. The molecule has 0 bridgehead atoms. The van der Waals surface area contributed by atoms with E-state index in [4.69, 9.17) is 4.74 Å². The smallest absolute Gasteiger partial charge is 0.238 e. The third-order valence-corrected chi connectivity index (χ3v) is 3.38. The standard InChI is InChI=1S/C14H20N2O3/c1-19-12-5-2-4-11(8-12)16-13(17)9-15-10-14(18)6-3-7-14/h2,4-5,8,15,18H,3,6-7,9-10H2,1H3,(H,16,17). The molecule has 0 aliphatic heterocycles. The van der Waals surface area contributed by atoms with E-state index in [-0.39, 0.29) is 12.5 Å². The summed E-state index contributed by atoms with van der Waals surface area (Å²) in [5.74, 6) is 0.575. The van der Waals surface area contributed by atoms with Gasteiger partial charge in [0.1, 0.15) is 5.75 Å². The molecule has 0 saturated heterocycles. The molecule has 0 atom stereocenters. The minimum absolute atomic E-state index is 0.129. The summed E-state index contributed by atoms with van der Waals surface area (Å²) in [6, 6.07) is 7.20. The van der Waals surface area contributed by atoms with E-state index in [0.717, 1.165) is 19.3 Å². The fraction of sp³-hybridized carbons (Fsp3) is 0.500. The molecule has 0 radical (unpaired) electrons. The van der Waals surface area contributed by atoms with Gasteiger partial charge in [-0.2, -0.15) is 0 Å². The molecule has 5 heteroatoms. The predicted octanol–water partition coefficient (Wildman–Crippen LogP) is 1.14. The van der Waals surface area contributed by atoms with E-state index in [9.17, 15) is 9.90 Å². The van der Waals surface area contributed by atoms with Gasteiger partial charge in [0.2, 0.25) is 5.91 Å². The lowest BCUT2D eigenvalue weighted by atomic mass is 9.80. The number of ether oxygens (including phenoxy) is 1. The molecule has 0 heterocycles. The van der Waals surface area contributed by atoms with Crippen LogP contribution in [0.15, 0.2) is 24.3 Å². The summed E-state index contributed by atoms with van der Waals surface area (Å²) in [5.41, 5.74) is 0.101. The number of nitrogens with one attached hydrogen (secondary N) is 2. The van der Waals surface area contributed by atoms with Crippen molar-refractivity contribution in [2.24, 2.45) is 0 Å². The number of aliphatic hydroxyl groups is 1. The maximum absolute atomic E-state index is 11.7. The van der Waals surface area contributed by atoms with Gasteiger partial charge in [-0.1, -0.05) is 6.07 Å². The molecule has 104 valence electrons. The number of hydrogen-bond donors (Lipinski definition) is 3. The Kier molecular flexibility index (Phi) is 4.39. The van der Waals surface area contributed by atoms with Crippen molar-refractivity contribution in [1.29, 1.82) is 0 Å². The van der Waals surface area contributed by atoms with E-state index in [2.05, 4.69) is 10.6 Å². The molecule has 2 rings (SSSR count). The van der Waals surface area contributed by atoms with Gasteiger partial charge in [0.25, 0.3) is 0 Å². The lowest BCUT2D eigenvalue weighted by molar-refractivity contribution is -0.115. The third kappa shape index (κ3) is 3.94. The fourth-order valence-corrected chi connectivity index (χ4v) is 2.08. The van der Waals surface area contributed by atoms with Crippen LogP contribution in [-0.4, -0.2) is 36.8 Å². The Hall–Kier alpha value is -1.59. The summed E-state index contributed by atoms with van der Waals surface area (Å²) in [7, 11) is 1.59. The van der Waals surface area contributed by atoms with Gasteiger partial charge in [0, 0.05) is 18.3 Å². The number of rotatable bonds is 6. The Morgan fingerprint density at radius 1 is 1.47 bits per heavy atom. The van der Waals surface area contributed by atoms with Crippen LogP contribution in [-0.2, 0) is 4.79 Å². The van der Waals surface area contributed by atoms with E-state index in [0.29, 0.717) is 18.0 Å². The SMILES string of the molecule is COc1cccc(NC(=O)CNCC2(O)CCC2)c1. The normalized spacial score (nSPS) is 16.5. The number of anilines is 1. The van der Waals surface area contributed by atoms with Crippen molar-refractivity contribution in [1.82, 2.24) is 5.32 Å². The van der Waals surface area contributed by atoms with Gasteiger partial charge >= 0.3 is 0 Å². The Morgan fingerprint density at radius 2 is 2.26 bits per heavy atom. The average Bonchev–Trinajstić information content (AvgIpc) is 2.37. The maximum Gasteiger partial charge on any atom is 0.238 e. The highest BCUT2D eigenvalue weighted by atomic mass is 16.5. The van der Waals surface area contributed by atoms with Gasteiger partial charge in [0.15, 0.2) is 0 Å². The number of amides is 1. The minimum atomic E-state index is -0.601. The van der Waals surface area contributed by atoms with Gasteiger partial charge < -0.3 is 20.5 Å². The zero-order valence-electron chi connectivity index (χ0n) is 11.1. The molecule has 0 unspecified atom stereocenters. The zero-order valence-corrected chi connectivity index (χ0v) is 11.1. The molecule has 1 amide bonds. The molecule has 1 saturated carbocycles. The first-order valence-corrected chi connectivity index (χ1v) is 6.48. The highest BCUT2D eigenvalue weighted by Crippen LogP contribution is 2.30. The summed E-state index contributed by atoms with van der Waals surface area (Å²) < 4.78 is 5.08. The molecule has 19 heavy (non-hydrogen) atoms. The molecule has 1 aliphatic carbocycles. The van der Waals surface area contributed by atoms with Crippen molar-refractivity contribution in [2.75, 3.05) is 25.5 Å². The van der Waals surface area contributed by atoms with E-state index >= 15 is 0 Å². The summed E-state index contributed by atoms with van der Waals surface area (Å²) in [4.78, 5) is 11.7. The number of carbonyl (C=O) groups is 1. The van der Waals surface area contributed by atoms with Gasteiger partial charge in [-0.3, -0.25) is 4.79 Å². The maximum atomic E-state index is 11.7. The van der Waals surface area contributed by atoms with Crippen molar-refractivity contribution in [3.8, 4) is 5.75 Å². The lowest BCUT2D eigenvalue weighted by Crippen LogP contribution is -2.47. The number of carbonyl (C=O) groups excluding carboxylic acids is 1. The van der Waals surface area contributed by atoms with Crippen LogP contribution in [0.3, 0.4) is 0 Å². The minimum Gasteiger partial charge on any atom is -0.497 e. The zero-order chi connectivity index (χ0) is 13.7.